The summed E-state index contributed by atoms with van der Waals surface area (Å²) in [7, 11) is 0. The Morgan fingerprint density at radius 1 is 0.575 bits per heavy atom. The molecule has 0 saturated heterocycles. The number of rotatable bonds is 10. The Bertz CT molecular complexity index is 1640. The van der Waals surface area contributed by atoms with Crippen molar-refractivity contribution in [3.8, 4) is 17.2 Å². The summed E-state index contributed by atoms with van der Waals surface area (Å²) < 4.78 is 26.8. The van der Waals surface area contributed by atoms with Gasteiger partial charge in [0.25, 0.3) is 0 Å². The minimum atomic E-state index is -1.88. The molecule has 0 heterocycles. The van der Waals surface area contributed by atoms with Gasteiger partial charge in [-0.05, 0) is 46.5 Å². The number of carbonyl (C=O) groups excluding carboxylic acids is 3. The van der Waals surface area contributed by atoms with Crippen LogP contribution in [-0.4, -0.2) is 37.4 Å². The molecule has 5 rings (SSSR count). The SMILES string of the molecule is O=C(COc1ccccc1)OC(=O)C(OC(=O)COc1ccc2ccccc2c1)Oc1cccc2ccccc12. The molecule has 5 aromatic rings. The molecule has 40 heavy (non-hydrogen) atoms. The second-order valence-electron chi connectivity index (χ2n) is 8.61. The van der Waals surface area contributed by atoms with Gasteiger partial charge in [-0.15, -0.1) is 0 Å². The summed E-state index contributed by atoms with van der Waals surface area (Å²) in [5, 5.41) is 3.46. The molecule has 8 nitrogen and oxygen atoms in total. The van der Waals surface area contributed by atoms with E-state index in [1.54, 1.807) is 66.7 Å². The molecular weight excluding hydrogens is 512 g/mol. The molecule has 0 N–H and O–H groups in total. The largest absolute Gasteiger partial charge is 0.482 e. The van der Waals surface area contributed by atoms with Gasteiger partial charge in [0.2, 0.25) is 0 Å². The van der Waals surface area contributed by atoms with Crippen LogP contribution in [0.3, 0.4) is 0 Å². The zero-order valence-electron chi connectivity index (χ0n) is 21.2. The molecule has 0 bridgehead atoms. The van der Waals surface area contributed by atoms with E-state index < -0.39 is 37.4 Å². The second-order valence-corrected chi connectivity index (χ2v) is 8.61. The lowest BCUT2D eigenvalue weighted by Gasteiger charge is -2.19. The van der Waals surface area contributed by atoms with E-state index in [0.717, 1.165) is 16.2 Å². The first kappa shape index (κ1) is 26.2. The summed E-state index contributed by atoms with van der Waals surface area (Å²) in [4.78, 5) is 37.9. The standard InChI is InChI=1S/C32H24O8/c33-29(20-36-25-13-2-1-3-14-25)39-31(35)32(38-28-16-8-12-23-10-6-7-15-27(23)28)40-30(34)21-37-26-18-17-22-9-4-5-11-24(22)19-26/h1-19,32H,20-21H2. The van der Waals surface area contributed by atoms with Crippen molar-refractivity contribution in [2.75, 3.05) is 13.2 Å². The van der Waals surface area contributed by atoms with Crippen LogP contribution in [0, 0.1) is 0 Å². The fourth-order valence-electron chi connectivity index (χ4n) is 3.94. The Morgan fingerprint density at radius 2 is 1.23 bits per heavy atom. The summed E-state index contributed by atoms with van der Waals surface area (Å²) in [6.45, 7) is -1.04. The molecule has 5 aromatic carbocycles. The first-order valence-electron chi connectivity index (χ1n) is 12.4. The number of benzene rings is 5. The number of para-hydroxylation sites is 1. The third kappa shape index (κ3) is 6.73. The van der Waals surface area contributed by atoms with E-state index >= 15 is 0 Å². The van der Waals surface area contributed by atoms with Gasteiger partial charge in [-0.3, -0.25) is 0 Å². The van der Waals surface area contributed by atoms with Crippen LogP contribution in [0.15, 0.2) is 115 Å². The molecule has 0 aliphatic rings. The van der Waals surface area contributed by atoms with E-state index in [1.165, 1.54) is 0 Å². The Labute approximate surface area is 229 Å². The van der Waals surface area contributed by atoms with Crippen molar-refractivity contribution in [2.24, 2.45) is 0 Å². The van der Waals surface area contributed by atoms with Crippen molar-refractivity contribution in [3.63, 3.8) is 0 Å². The van der Waals surface area contributed by atoms with Gasteiger partial charge < -0.3 is 23.7 Å². The average molecular weight is 537 g/mol. The molecule has 1 atom stereocenters. The van der Waals surface area contributed by atoms with Gasteiger partial charge in [-0.1, -0.05) is 84.9 Å². The highest BCUT2D eigenvalue weighted by atomic mass is 16.7. The molecule has 0 saturated carbocycles. The van der Waals surface area contributed by atoms with Crippen molar-refractivity contribution in [3.05, 3.63) is 115 Å². The predicted molar refractivity (Wildman–Crippen MR) is 147 cm³/mol. The van der Waals surface area contributed by atoms with E-state index in [9.17, 15) is 14.4 Å². The van der Waals surface area contributed by atoms with E-state index in [-0.39, 0.29) is 5.75 Å². The zero-order valence-corrected chi connectivity index (χ0v) is 21.2. The van der Waals surface area contributed by atoms with Crippen molar-refractivity contribution in [1.82, 2.24) is 0 Å². The minimum absolute atomic E-state index is 0.260. The maximum Gasteiger partial charge on any atom is 0.397 e. The van der Waals surface area contributed by atoms with E-state index in [0.29, 0.717) is 16.9 Å². The number of carbonyl (C=O) groups is 3. The Hall–Kier alpha value is -5.37. The second kappa shape index (κ2) is 12.4. The average Bonchev–Trinajstić information content (AvgIpc) is 2.99. The van der Waals surface area contributed by atoms with Gasteiger partial charge >= 0.3 is 24.2 Å². The highest BCUT2D eigenvalue weighted by Crippen LogP contribution is 2.27. The quantitative estimate of drug-likeness (QED) is 0.132. The Kier molecular flexibility index (Phi) is 8.17. The highest BCUT2D eigenvalue weighted by molar-refractivity contribution is 5.91. The first-order chi connectivity index (χ1) is 19.5. The molecular formula is C32H24O8. The van der Waals surface area contributed by atoms with Crippen LogP contribution in [-0.2, 0) is 23.9 Å². The molecule has 8 heteroatoms. The molecule has 0 aromatic heterocycles. The van der Waals surface area contributed by atoms with Crippen LogP contribution < -0.4 is 14.2 Å². The van der Waals surface area contributed by atoms with Gasteiger partial charge in [-0.25, -0.2) is 14.4 Å². The third-order valence-corrected chi connectivity index (χ3v) is 5.81. The molecule has 200 valence electrons. The summed E-state index contributed by atoms with van der Waals surface area (Å²) in [5.41, 5.74) is 0. The van der Waals surface area contributed by atoms with Crippen molar-refractivity contribution in [1.29, 1.82) is 0 Å². The van der Waals surface area contributed by atoms with Crippen molar-refractivity contribution >= 4 is 39.5 Å². The number of hydrogen-bond acceptors (Lipinski definition) is 8. The van der Waals surface area contributed by atoms with Crippen LogP contribution in [0.25, 0.3) is 21.5 Å². The summed E-state index contributed by atoms with van der Waals surface area (Å²) in [6, 6.07) is 34.1. The highest BCUT2D eigenvalue weighted by Gasteiger charge is 2.30. The number of hydrogen-bond donors (Lipinski definition) is 0. The Morgan fingerprint density at radius 3 is 2.05 bits per heavy atom. The fourth-order valence-corrected chi connectivity index (χ4v) is 3.94. The molecule has 0 radical (unpaired) electrons. The Balaban J connectivity index is 1.27. The molecule has 0 aliphatic carbocycles. The van der Waals surface area contributed by atoms with E-state index in [1.807, 2.05) is 48.5 Å². The van der Waals surface area contributed by atoms with E-state index in [2.05, 4.69) is 0 Å². The topological polar surface area (TPSA) is 97.4 Å². The van der Waals surface area contributed by atoms with Gasteiger partial charge in [0.1, 0.15) is 17.2 Å². The maximum absolute atomic E-state index is 12.9. The van der Waals surface area contributed by atoms with Crippen LogP contribution in [0.1, 0.15) is 0 Å². The molecule has 0 fully saturated rings. The van der Waals surface area contributed by atoms with Gasteiger partial charge in [-0.2, -0.15) is 0 Å². The maximum atomic E-state index is 12.9. The number of esters is 3. The zero-order chi connectivity index (χ0) is 27.7. The van der Waals surface area contributed by atoms with Gasteiger partial charge in [0, 0.05) is 5.39 Å². The van der Waals surface area contributed by atoms with Crippen LogP contribution >= 0.6 is 0 Å². The normalized spacial score (nSPS) is 11.4. The lowest BCUT2D eigenvalue weighted by atomic mass is 10.1. The number of fused-ring (bicyclic) bond motifs is 2. The third-order valence-electron chi connectivity index (χ3n) is 5.81. The molecule has 0 amide bonds. The van der Waals surface area contributed by atoms with Gasteiger partial charge in [0.15, 0.2) is 13.2 Å². The minimum Gasteiger partial charge on any atom is -0.482 e. The van der Waals surface area contributed by atoms with Crippen LogP contribution in [0.5, 0.6) is 17.2 Å². The van der Waals surface area contributed by atoms with Crippen molar-refractivity contribution in [2.45, 2.75) is 6.29 Å². The molecule has 0 aliphatic heterocycles. The first-order valence-corrected chi connectivity index (χ1v) is 12.4. The van der Waals surface area contributed by atoms with Crippen LogP contribution in [0.4, 0.5) is 0 Å². The lowest BCUT2D eigenvalue weighted by Crippen LogP contribution is -2.37. The van der Waals surface area contributed by atoms with Crippen LogP contribution in [0.2, 0.25) is 0 Å². The number of ether oxygens (including phenoxy) is 5. The molecule has 1 unspecified atom stereocenters. The predicted octanol–water partition coefficient (Wildman–Crippen LogP) is 5.47. The van der Waals surface area contributed by atoms with E-state index in [4.69, 9.17) is 23.7 Å². The fraction of sp³-hybridized carbons (Fsp3) is 0.0938. The van der Waals surface area contributed by atoms with Crippen molar-refractivity contribution < 1.29 is 38.1 Å². The monoisotopic (exact) mass is 536 g/mol. The lowest BCUT2D eigenvalue weighted by molar-refractivity contribution is -0.191. The smallest absolute Gasteiger partial charge is 0.397 e. The summed E-state index contributed by atoms with van der Waals surface area (Å²) in [6.07, 6.45) is -1.88. The summed E-state index contributed by atoms with van der Waals surface area (Å²) in [5.74, 6) is -1.97. The summed E-state index contributed by atoms with van der Waals surface area (Å²) >= 11 is 0. The molecule has 0 spiro atoms. The van der Waals surface area contributed by atoms with Gasteiger partial charge in [0.05, 0.1) is 0 Å².